The van der Waals surface area contributed by atoms with Crippen LogP contribution in [0.15, 0.2) is 24.5 Å². The number of rotatable bonds is 3. The summed E-state index contributed by atoms with van der Waals surface area (Å²) in [5.41, 5.74) is 1.07. The number of piperazine rings is 1. The van der Waals surface area contributed by atoms with Gasteiger partial charge in [0, 0.05) is 51.2 Å². The van der Waals surface area contributed by atoms with Crippen LogP contribution < -0.4 is 5.32 Å². The molecule has 21 heavy (non-hydrogen) atoms. The molecule has 2 fully saturated rings. The normalized spacial score (nSPS) is 25.0. The van der Waals surface area contributed by atoms with Crippen molar-refractivity contribution in [1.82, 2.24) is 20.1 Å². The van der Waals surface area contributed by atoms with Crippen LogP contribution in [0.1, 0.15) is 31.4 Å². The Labute approximate surface area is 126 Å². The Hall–Kier alpha value is -1.46. The summed E-state index contributed by atoms with van der Waals surface area (Å²) in [6.45, 7) is 6.79. The highest BCUT2D eigenvalue weighted by molar-refractivity contribution is 5.83. The van der Waals surface area contributed by atoms with Crippen molar-refractivity contribution in [3.8, 4) is 0 Å². The summed E-state index contributed by atoms with van der Waals surface area (Å²) in [5, 5.41) is 3.40. The molecule has 1 amide bonds. The van der Waals surface area contributed by atoms with E-state index in [4.69, 9.17) is 0 Å². The number of pyridine rings is 1. The lowest BCUT2D eigenvalue weighted by atomic mass is 10.0. The van der Waals surface area contributed by atoms with Crippen molar-refractivity contribution >= 4 is 5.91 Å². The summed E-state index contributed by atoms with van der Waals surface area (Å²) in [5.74, 6) is 0.257. The average molecular weight is 288 g/mol. The molecule has 2 aliphatic heterocycles. The molecule has 0 bridgehead atoms. The molecule has 114 valence electrons. The first-order chi connectivity index (χ1) is 10.3. The quantitative estimate of drug-likeness (QED) is 0.903. The van der Waals surface area contributed by atoms with Gasteiger partial charge in [-0.2, -0.15) is 0 Å². The molecule has 1 aromatic rings. The van der Waals surface area contributed by atoms with E-state index in [0.717, 1.165) is 51.1 Å². The number of hydrogen-bond donors (Lipinski definition) is 1. The Balaban J connectivity index is 1.88. The van der Waals surface area contributed by atoms with Crippen molar-refractivity contribution in [2.45, 2.75) is 31.8 Å². The van der Waals surface area contributed by atoms with E-state index in [-0.39, 0.29) is 11.9 Å². The first-order valence-corrected chi connectivity index (χ1v) is 7.92. The van der Waals surface area contributed by atoms with E-state index < -0.39 is 0 Å². The molecule has 2 aliphatic rings. The van der Waals surface area contributed by atoms with E-state index >= 15 is 0 Å². The van der Waals surface area contributed by atoms with Gasteiger partial charge >= 0.3 is 0 Å². The van der Waals surface area contributed by atoms with Gasteiger partial charge in [0.2, 0.25) is 5.91 Å². The molecule has 0 radical (unpaired) electrons. The molecule has 0 aromatic carbocycles. The summed E-state index contributed by atoms with van der Waals surface area (Å²) < 4.78 is 0. The van der Waals surface area contributed by atoms with Crippen LogP contribution in [0.4, 0.5) is 0 Å². The van der Waals surface area contributed by atoms with Gasteiger partial charge in [0.05, 0.1) is 0 Å². The minimum absolute atomic E-state index is 0.164. The third-order valence-electron chi connectivity index (χ3n) is 4.56. The van der Waals surface area contributed by atoms with Crippen LogP contribution in [-0.4, -0.2) is 59.5 Å². The van der Waals surface area contributed by atoms with E-state index in [1.807, 2.05) is 17.0 Å². The molecule has 5 nitrogen and oxygen atoms in total. The zero-order valence-electron chi connectivity index (χ0n) is 12.7. The van der Waals surface area contributed by atoms with Gasteiger partial charge in [0.25, 0.3) is 0 Å². The fraction of sp³-hybridized carbons (Fsp3) is 0.625. The van der Waals surface area contributed by atoms with Crippen LogP contribution in [0, 0.1) is 0 Å². The Morgan fingerprint density at radius 1 is 1.29 bits per heavy atom. The number of likely N-dealkylation sites (tertiary alicyclic amines) is 1. The Morgan fingerprint density at radius 3 is 2.67 bits per heavy atom. The SMILES string of the molecule is CC1CNCCN1C(C(=O)N1CCCC1)c1ccncc1. The maximum atomic E-state index is 13.0. The van der Waals surface area contributed by atoms with Crippen molar-refractivity contribution in [1.29, 1.82) is 0 Å². The van der Waals surface area contributed by atoms with Crippen molar-refractivity contribution in [3.63, 3.8) is 0 Å². The molecule has 0 spiro atoms. The van der Waals surface area contributed by atoms with Crippen molar-refractivity contribution in [3.05, 3.63) is 30.1 Å². The lowest BCUT2D eigenvalue weighted by Gasteiger charge is -2.40. The van der Waals surface area contributed by atoms with Gasteiger partial charge in [-0.1, -0.05) is 0 Å². The van der Waals surface area contributed by atoms with Crippen LogP contribution in [0.25, 0.3) is 0 Å². The Kier molecular flexibility index (Phi) is 4.51. The molecular formula is C16H24N4O. The Bertz CT molecular complexity index is 472. The van der Waals surface area contributed by atoms with Gasteiger partial charge in [-0.15, -0.1) is 0 Å². The number of carbonyl (C=O) groups is 1. The zero-order chi connectivity index (χ0) is 14.7. The molecule has 2 saturated heterocycles. The molecule has 5 heteroatoms. The summed E-state index contributed by atoms with van der Waals surface area (Å²) in [7, 11) is 0. The summed E-state index contributed by atoms with van der Waals surface area (Å²) in [6.07, 6.45) is 5.83. The van der Waals surface area contributed by atoms with Crippen molar-refractivity contribution in [2.24, 2.45) is 0 Å². The number of nitrogens with one attached hydrogen (secondary N) is 1. The monoisotopic (exact) mass is 288 g/mol. The smallest absolute Gasteiger partial charge is 0.244 e. The maximum absolute atomic E-state index is 13.0. The lowest BCUT2D eigenvalue weighted by Crippen LogP contribution is -2.54. The fourth-order valence-corrected chi connectivity index (χ4v) is 3.37. The van der Waals surface area contributed by atoms with E-state index in [1.165, 1.54) is 0 Å². The van der Waals surface area contributed by atoms with Crippen LogP contribution in [0.5, 0.6) is 0 Å². The molecule has 0 aliphatic carbocycles. The molecule has 3 heterocycles. The highest BCUT2D eigenvalue weighted by atomic mass is 16.2. The van der Waals surface area contributed by atoms with E-state index in [1.54, 1.807) is 12.4 Å². The van der Waals surface area contributed by atoms with Crippen LogP contribution >= 0.6 is 0 Å². The highest BCUT2D eigenvalue weighted by Crippen LogP contribution is 2.27. The predicted octanol–water partition coefficient (Wildman–Crippen LogP) is 1.04. The number of amides is 1. The average Bonchev–Trinajstić information content (AvgIpc) is 3.05. The summed E-state index contributed by atoms with van der Waals surface area (Å²) in [4.78, 5) is 21.5. The topological polar surface area (TPSA) is 48.5 Å². The van der Waals surface area contributed by atoms with E-state index in [9.17, 15) is 4.79 Å². The fourth-order valence-electron chi connectivity index (χ4n) is 3.37. The molecule has 0 saturated carbocycles. The molecule has 1 aromatic heterocycles. The van der Waals surface area contributed by atoms with Gasteiger partial charge < -0.3 is 10.2 Å². The minimum atomic E-state index is -0.164. The van der Waals surface area contributed by atoms with E-state index in [0.29, 0.717) is 6.04 Å². The van der Waals surface area contributed by atoms with Crippen LogP contribution in [0.2, 0.25) is 0 Å². The molecule has 3 rings (SSSR count). The molecular weight excluding hydrogens is 264 g/mol. The predicted molar refractivity (Wildman–Crippen MR) is 81.8 cm³/mol. The number of aromatic nitrogens is 1. The maximum Gasteiger partial charge on any atom is 0.244 e. The van der Waals surface area contributed by atoms with Crippen LogP contribution in [-0.2, 0) is 4.79 Å². The number of carbonyl (C=O) groups excluding carboxylic acids is 1. The third-order valence-corrected chi connectivity index (χ3v) is 4.56. The van der Waals surface area contributed by atoms with Gasteiger partial charge in [-0.25, -0.2) is 0 Å². The molecule has 2 atom stereocenters. The second-order valence-electron chi connectivity index (χ2n) is 6.01. The first-order valence-electron chi connectivity index (χ1n) is 7.92. The Morgan fingerprint density at radius 2 is 2.00 bits per heavy atom. The van der Waals surface area contributed by atoms with Gasteiger partial charge in [-0.3, -0.25) is 14.7 Å². The van der Waals surface area contributed by atoms with Crippen molar-refractivity contribution in [2.75, 3.05) is 32.7 Å². The summed E-state index contributed by atoms with van der Waals surface area (Å²) in [6, 6.07) is 4.16. The first kappa shape index (κ1) is 14.5. The molecule has 2 unspecified atom stereocenters. The highest BCUT2D eigenvalue weighted by Gasteiger charge is 2.35. The lowest BCUT2D eigenvalue weighted by molar-refractivity contribution is -0.137. The minimum Gasteiger partial charge on any atom is -0.341 e. The van der Waals surface area contributed by atoms with Gasteiger partial charge in [0.1, 0.15) is 6.04 Å². The standard InChI is InChI=1S/C16H24N4O/c1-13-12-18-8-11-20(13)15(14-4-6-17-7-5-14)16(21)19-9-2-3-10-19/h4-7,13,15,18H,2-3,8-12H2,1H3. The van der Waals surface area contributed by atoms with E-state index in [2.05, 4.69) is 22.1 Å². The second-order valence-corrected chi connectivity index (χ2v) is 6.01. The van der Waals surface area contributed by atoms with Gasteiger partial charge in [-0.05, 0) is 37.5 Å². The second kappa shape index (κ2) is 6.54. The van der Waals surface area contributed by atoms with Gasteiger partial charge in [0.15, 0.2) is 0 Å². The van der Waals surface area contributed by atoms with Crippen LogP contribution in [0.3, 0.4) is 0 Å². The number of hydrogen-bond acceptors (Lipinski definition) is 4. The molecule has 1 N–H and O–H groups in total. The van der Waals surface area contributed by atoms with Crippen molar-refractivity contribution < 1.29 is 4.79 Å². The summed E-state index contributed by atoms with van der Waals surface area (Å²) >= 11 is 0. The number of nitrogens with zero attached hydrogens (tertiary/aromatic N) is 3. The third kappa shape index (κ3) is 3.09. The largest absolute Gasteiger partial charge is 0.341 e. The zero-order valence-corrected chi connectivity index (χ0v) is 12.7.